The summed E-state index contributed by atoms with van der Waals surface area (Å²) in [5.74, 6) is 1.58. The van der Waals surface area contributed by atoms with Crippen LogP contribution in [0.15, 0.2) is 42.5 Å². The van der Waals surface area contributed by atoms with Crippen LogP contribution in [-0.4, -0.2) is 68.7 Å². The molecule has 1 aliphatic heterocycles. The lowest BCUT2D eigenvalue weighted by atomic mass is 10.2. The van der Waals surface area contributed by atoms with Gasteiger partial charge in [0.05, 0.1) is 22.8 Å². The molecule has 0 atom stereocenters. The van der Waals surface area contributed by atoms with Crippen molar-refractivity contribution in [2.24, 2.45) is 0 Å². The highest BCUT2D eigenvalue weighted by molar-refractivity contribution is 6.39. The lowest BCUT2D eigenvalue weighted by Gasteiger charge is -2.34. The molecule has 6 nitrogen and oxygen atoms in total. The summed E-state index contributed by atoms with van der Waals surface area (Å²) in [5.41, 5.74) is 0.479. The molecule has 1 aliphatic rings. The van der Waals surface area contributed by atoms with Gasteiger partial charge in [0.2, 0.25) is 5.91 Å². The quantitative estimate of drug-likeness (QED) is 0.623. The zero-order valence-electron chi connectivity index (χ0n) is 17.1. The van der Waals surface area contributed by atoms with E-state index in [0.717, 1.165) is 44.2 Å². The van der Waals surface area contributed by atoms with E-state index >= 15 is 0 Å². The van der Waals surface area contributed by atoms with E-state index < -0.39 is 0 Å². The average molecular weight is 452 g/mol. The summed E-state index contributed by atoms with van der Waals surface area (Å²) in [5, 5.41) is 3.70. The van der Waals surface area contributed by atoms with E-state index in [0.29, 0.717) is 35.3 Å². The fraction of sp³-hybridized carbons (Fsp3) is 0.409. The number of methoxy groups -OCH3 is 1. The van der Waals surface area contributed by atoms with Crippen LogP contribution in [0.5, 0.6) is 11.5 Å². The van der Waals surface area contributed by atoms with Crippen molar-refractivity contribution in [1.82, 2.24) is 9.80 Å². The van der Waals surface area contributed by atoms with Crippen molar-refractivity contribution >= 4 is 34.8 Å². The number of anilines is 1. The van der Waals surface area contributed by atoms with Crippen molar-refractivity contribution in [2.75, 3.05) is 58.3 Å². The van der Waals surface area contributed by atoms with Crippen LogP contribution < -0.4 is 14.8 Å². The summed E-state index contributed by atoms with van der Waals surface area (Å²) >= 11 is 12.2. The SMILES string of the molecule is COc1ccc(OCCN2CCN(CCC(=O)Nc3c(Cl)cccc3Cl)CC2)cc1. The van der Waals surface area contributed by atoms with Gasteiger partial charge in [-0.2, -0.15) is 0 Å². The zero-order chi connectivity index (χ0) is 21.3. The summed E-state index contributed by atoms with van der Waals surface area (Å²) in [6, 6.07) is 12.8. The largest absolute Gasteiger partial charge is 0.497 e. The van der Waals surface area contributed by atoms with Gasteiger partial charge in [-0.05, 0) is 36.4 Å². The number of carbonyl (C=O) groups excluding carboxylic acids is 1. The van der Waals surface area contributed by atoms with Crippen LogP contribution in [0, 0.1) is 0 Å². The van der Waals surface area contributed by atoms with Crippen molar-refractivity contribution in [3.8, 4) is 11.5 Å². The van der Waals surface area contributed by atoms with E-state index in [9.17, 15) is 4.79 Å². The van der Waals surface area contributed by atoms with Crippen molar-refractivity contribution in [3.05, 3.63) is 52.5 Å². The molecule has 1 saturated heterocycles. The molecular weight excluding hydrogens is 425 g/mol. The van der Waals surface area contributed by atoms with Gasteiger partial charge in [0.1, 0.15) is 18.1 Å². The number of ether oxygens (including phenoxy) is 2. The minimum absolute atomic E-state index is 0.0830. The fourth-order valence-corrected chi connectivity index (χ4v) is 3.77. The van der Waals surface area contributed by atoms with Gasteiger partial charge in [0.15, 0.2) is 0 Å². The molecule has 0 spiro atoms. The number of piperazine rings is 1. The summed E-state index contributed by atoms with van der Waals surface area (Å²) in [6.45, 7) is 6.03. The van der Waals surface area contributed by atoms with Gasteiger partial charge in [-0.1, -0.05) is 29.3 Å². The van der Waals surface area contributed by atoms with E-state index in [1.165, 1.54) is 0 Å². The minimum atomic E-state index is -0.0830. The van der Waals surface area contributed by atoms with E-state index in [1.807, 2.05) is 24.3 Å². The number of nitrogens with zero attached hydrogens (tertiary/aromatic N) is 2. The van der Waals surface area contributed by atoms with Crippen LogP contribution in [-0.2, 0) is 4.79 Å². The van der Waals surface area contributed by atoms with E-state index in [1.54, 1.807) is 25.3 Å². The maximum absolute atomic E-state index is 12.3. The Morgan fingerprint density at radius 2 is 1.50 bits per heavy atom. The molecule has 0 bridgehead atoms. The van der Waals surface area contributed by atoms with Gasteiger partial charge < -0.3 is 19.7 Å². The van der Waals surface area contributed by atoms with Crippen molar-refractivity contribution < 1.29 is 14.3 Å². The highest BCUT2D eigenvalue weighted by atomic mass is 35.5. The number of hydrogen-bond acceptors (Lipinski definition) is 5. The van der Waals surface area contributed by atoms with Crippen LogP contribution >= 0.6 is 23.2 Å². The van der Waals surface area contributed by atoms with Crippen LogP contribution in [0.4, 0.5) is 5.69 Å². The lowest BCUT2D eigenvalue weighted by Crippen LogP contribution is -2.48. The van der Waals surface area contributed by atoms with Crippen LogP contribution in [0.3, 0.4) is 0 Å². The number of carbonyl (C=O) groups is 1. The van der Waals surface area contributed by atoms with Crippen molar-refractivity contribution in [2.45, 2.75) is 6.42 Å². The number of para-hydroxylation sites is 1. The Balaban J connectivity index is 1.32. The molecule has 8 heteroatoms. The number of halogens is 2. The van der Waals surface area contributed by atoms with Crippen molar-refractivity contribution in [1.29, 1.82) is 0 Å². The predicted octanol–water partition coefficient (Wildman–Crippen LogP) is 4.03. The summed E-state index contributed by atoms with van der Waals surface area (Å²) < 4.78 is 11.0. The molecule has 0 unspecified atom stereocenters. The van der Waals surface area contributed by atoms with Gasteiger partial charge in [0.25, 0.3) is 0 Å². The monoisotopic (exact) mass is 451 g/mol. The molecule has 162 valence electrons. The van der Waals surface area contributed by atoms with Crippen molar-refractivity contribution in [3.63, 3.8) is 0 Å². The average Bonchev–Trinajstić information content (AvgIpc) is 2.76. The summed E-state index contributed by atoms with van der Waals surface area (Å²) in [6.07, 6.45) is 0.405. The molecular formula is C22H27Cl2N3O3. The van der Waals surface area contributed by atoms with E-state index in [4.69, 9.17) is 32.7 Å². The third kappa shape index (κ3) is 6.77. The zero-order valence-corrected chi connectivity index (χ0v) is 18.6. The van der Waals surface area contributed by atoms with Crippen LogP contribution in [0.25, 0.3) is 0 Å². The molecule has 1 amide bonds. The third-order valence-corrected chi connectivity index (χ3v) is 5.71. The molecule has 0 aliphatic carbocycles. The minimum Gasteiger partial charge on any atom is -0.497 e. The standard InChI is InChI=1S/C22H27Cl2N3O3/c1-29-17-5-7-18(8-6-17)30-16-15-27-13-11-26(12-14-27)10-9-21(28)25-22-19(23)3-2-4-20(22)24/h2-8H,9-16H2,1H3,(H,25,28). The van der Waals surface area contributed by atoms with Gasteiger partial charge in [-0.15, -0.1) is 0 Å². The molecule has 0 aromatic heterocycles. The molecule has 0 saturated carbocycles. The number of rotatable bonds is 9. The van der Waals surface area contributed by atoms with Crippen LogP contribution in [0.1, 0.15) is 6.42 Å². The fourth-order valence-electron chi connectivity index (χ4n) is 3.28. The number of amides is 1. The molecule has 1 fully saturated rings. The number of nitrogens with one attached hydrogen (secondary N) is 1. The van der Waals surface area contributed by atoms with E-state index in [2.05, 4.69) is 15.1 Å². The first kappa shape index (κ1) is 22.7. The second kappa shape index (κ2) is 11.4. The maximum atomic E-state index is 12.3. The third-order valence-electron chi connectivity index (χ3n) is 5.08. The molecule has 2 aromatic carbocycles. The van der Waals surface area contributed by atoms with E-state index in [-0.39, 0.29) is 5.91 Å². The molecule has 1 heterocycles. The smallest absolute Gasteiger partial charge is 0.225 e. The predicted molar refractivity (Wildman–Crippen MR) is 121 cm³/mol. The van der Waals surface area contributed by atoms with Gasteiger partial charge in [-0.3, -0.25) is 9.69 Å². The Labute approximate surface area is 187 Å². The normalized spacial score (nSPS) is 15.0. The first-order valence-electron chi connectivity index (χ1n) is 10.0. The molecule has 30 heavy (non-hydrogen) atoms. The second-order valence-electron chi connectivity index (χ2n) is 7.10. The molecule has 1 N–H and O–H groups in total. The first-order valence-corrected chi connectivity index (χ1v) is 10.8. The Hall–Kier alpha value is -1.99. The number of hydrogen-bond donors (Lipinski definition) is 1. The number of benzene rings is 2. The topological polar surface area (TPSA) is 54.0 Å². The lowest BCUT2D eigenvalue weighted by molar-refractivity contribution is -0.116. The van der Waals surface area contributed by atoms with Gasteiger partial charge in [0, 0.05) is 45.7 Å². The second-order valence-corrected chi connectivity index (χ2v) is 7.92. The van der Waals surface area contributed by atoms with Gasteiger partial charge >= 0.3 is 0 Å². The molecule has 0 radical (unpaired) electrons. The highest BCUT2D eigenvalue weighted by Gasteiger charge is 2.18. The Bertz CT molecular complexity index is 805. The molecule has 2 aromatic rings. The van der Waals surface area contributed by atoms with Crippen LogP contribution in [0.2, 0.25) is 10.0 Å². The molecule has 3 rings (SSSR count). The Morgan fingerprint density at radius 1 is 0.933 bits per heavy atom. The summed E-state index contributed by atoms with van der Waals surface area (Å²) in [7, 11) is 1.65. The maximum Gasteiger partial charge on any atom is 0.225 e. The summed E-state index contributed by atoms with van der Waals surface area (Å²) in [4.78, 5) is 16.9. The highest BCUT2D eigenvalue weighted by Crippen LogP contribution is 2.29. The Kier molecular flexibility index (Phi) is 8.63. The first-order chi connectivity index (χ1) is 14.5. The van der Waals surface area contributed by atoms with Gasteiger partial charge in [-0.25, -0.2) is 0 Å². The Morgan fingerprint density at radius 3 is 2.10 bits per heavy atom.